The third-order valence-corrected chi connectivity index (χ3v) is 5.58. The average molecular weight is 297 g/mol. The number of anilines is 1. The summed E-state index contributed by atoms with van der Waals surface area (Å²) in [5.41, 5.74) is 0.390. The molecule has 2 aliphatic heterocycles. The fraction of sp³-hybridized carbons (Fsp3) is 0.692. The van der Waals surface area contributed by atoms with Crippen molar-refractivity contribution in [1.29, 1.82) is 5.26 Å². The van der Waals surface area contributed by atoms with Gasteiger partial charge in [0.05, 0.1) is 0 Å². The van der Waals surface area contributed by atoms with Crippen LogP contribution >= 0.6 is 22.9 Å². The first kappa shape index (κ1) is 13.2. The van der Waals surface area contributed by atoms with Gasteiger partial charge in [-0.2, -0.15) is 5.26 Å². The van der Waals surface area contributed by atoms with Crippen LogP contribution in [0.5, 0.6) is 0 Å². The third kappa shape index (κ3) is 2.58. The second-order valence-electron chi connectivity index (χ2n) is 5.53. The van der Waals surface area contributed by atoms with E-state index in [0.29, 0.717) is 15.4 Å². The Morgan fingerprint density at radius 2 is 2.26 bits per heavy atom. The van der Waals surface area contributed by atoms with Gasteiger partial charge in [-0.1, -0.05) is 22.9 Å². The zero-order chi connectivity index (χ0) is 13.3. The van der Waals surface area contributed by atoms with E-state index in [2.05, 4.69) is 21.3 Å². The number of thiazole rings is 1. The fourth-order valence-corrected chi connectivity index (χ4v) is 4.31. The van der Waals surface area contributed by atoms with Crippen LogP contribution in [0.2, 0.25) is 5.15 Å². The molecule has 4 nitrogen and oxygen atoms in total. The Labute approximate surface area is 122 Å². The second-order valence-corrected chi connectivity index (χ2v) is 6.87. The molecule has 1 atom stereocenters. The highest BCUT2D eigenvalue weighted by molar-refractivity contribution is 7.16. The zero-order valence-electron chi connectivity index (χ0n) is 10.8. The summed E-state index contributed by atoms with van der Waals surface area (Å²) < 4.78 is 0. The van der Waals surface area contributed by atoms with E-state index in [0.717, 1.165) is 31.3 Å². The molecule has 3 heterocycles. The van der Waals surface area contributed by atoms with Crippen LogP contribution in [-0.4, -0.2) is 31.2 Å². The first-order valence-electron chi connectivity index (χ1n) is 6.75. The summed E-state index contributed by atoms with van der Waals surface area (Å²) in [5.74, 6) is 0. The Morgan fingerprint density at radius 3 is 2.95 bits per heavy atom. The van der Waals surface area contributed by atoms with E-state index in [1.54, 1.807) is 0 Å². The van der Waals surface area contributed by atoms with Crippen molar-refractivity contribution in [3.8, 4) is 6.07 Å². The summed E-state index contributed by atoms with van der Waals surface area (Å²) in [6.07, 6.45) is 5.04. The van der Waals surface area contributed by atoms with E-state index in [1.165, 1.54) is 37.0 Å². The lowest BCUT2D eigenvalue weighted by atomic mass is 9.74. The highest BCUT2D eigenvalue weighted by atomic mass is 35.5. The maximum atomic E-state index is 8.98. The molecule has 1 unspecified atom stereocenters. The molecule has 3 rings (SSSR count). The maximum Gasteiger partial charge on any atom is 0.188 e. The van der Waals surface area contributed by atoms with Crippen molar-refractivity contribution in [2.45, 2.75) is 25.7 Å². The Hall–Kier alpha value is -0.830. The van der Waals surface area contributed by atoms with Gasteiger partial charge in [0.15, 0.2) is 10.3 Å². The number of nitrogens with zero attached hydrogens (tertiary/aromatic N) is 3. The largest absolute Gasteiger partial charge is 0.347 e. The van der Waals surface area contributed by atoms with Gasteiger partial charge in [-0.05, 0) is 32.2 Å². The molecule has 1 spiro atoms. The molecule has 1 aromatic heterocycles. The number of halogens is 1. The topological polar surface area (TPSA) is 52.0 Å². The number of piperidine rings is 2. The summed E-state index contributed by atoms with van der Waals surface area (Å²) in [5, 5.41) is 13.8. The van der Waals surface area contributed by atoms with Crippen LogP contribution in [0.25, 0.3) is 0 Å². The van der Waals surface area contributed by atoms with E-state index in [9.17, 15) is 0 Å². The van der Waals surface area contributed by atoms with Crippen LogP contribution in [0.1, 0.15) is 30.6 Å². The average Bonchev–Trinajstić information content (AvgIpc) is 2.81. The van der Waals surface area contributed by atoms with E-state index < -0.39 is 0 Å². The van der Waals surface area contributed by atoms with Gasteiger partial charge in [-0.3, -0.25) is 0 Å². The van der Waals surface area contributed by atoms with Crippen LogP contribution in [-0.2, 0) is 0 Å². The number of nitriles is 1. The summed E-state index contributed by atoms with van der Waals surface area (Å²) in [7, 11) is 0. The molecule has 6 heteroatoms. The number of hydrogen-bond acceptors (Lipinski definition) is 5. The Balaban J connectivity index is 1.79. The number of aromatic nitrogens is 1. The molecular weight excluding hydrogens is 280 g/mol. The smallest absolute Gasteiger partial charge is 0.188 e. The van der Waals surface area contributed by atoms with Crippen molar-refractivity contribution in [3.05, 3.63) is 10.0 Å². The first-order valence-corrected chi connectivity index (χ1v) is 7.94. The lowest BCUT2D eigenvalue weighted by molar-refractivity contribution is 0.173. The quantitative estimate of drug-likeness (QED) is 0.865. The highest BCUT2D eigenvalue weighted by Crippen LogP contribution is 2.39. The minimum Gasteiger partial charge on any atom is -0.347 e. The summed E-state index contributed by atoms with van der Waals surface area (Å²) >= 11 is 7.39. The molecule has 0 aromatic carbocycles. The molecule has 102 valence electrons. The van der Waals surface area contributed by atoms with Crippen LogP contribution in [0.3, 0.4) is 0 Å². The maximum absolute atomic E-state index is 8.98. The first-order chi connectivity index (χ1) is 9.22. The molecule has 2 saturated heterocycles. The van der Waals surface area contributed by atoms with E-state index in [4.69, 9.17) is 16.9 Å². The third-order valence-electron chi connectivity index (χ3n) is 4.17. The molecule has 0 saturated carbocycles. The fourth-order valence-electron chi connectivity index (χ4n) is 3.25. The lowest BCUT2D eigenvalue weighted by Gasteiger charge is -2.45. The molecular formula is C13H17ClN4S. The molecule has 1 aromatic rings. The number of hydrogen-bond donors (Lipinski definition) is 1. The highest BCUT2D eigenvalue weighted by Gasteiger charge is 2.37. The van der Waals surface area contributed by atoms with Crippen molar-refractivity contribution in [2.24, 2.45) is 5.41 Å². The van der Waals surface area contributed by atoms with Crippen molar-refractivity contribution in [2.75, 3.05) is 31.1 Å². The van der Waals surface area contributed by atoms with E-state index in [-0.39, 0.29) is 0 Å². The van der Waals surface area contributed by atoms with Crippen LogP contribution in [0.15, 0.2) is 0 Å². The predicted molar refractivity (Wildman–Crippen MR) is 77.8 cm³/mol. The van der Waals surface area contributed by atoms with Gasteiger partial charge in [-0.25, -0.2) is 4.98 Å². The monoisotopic (exact) mass is 296 g/mol. The Morgan fingerprint density at radius 1 is 1.42 bits per heavy atom. The predicted octanol–water partition coefficient (Wildman–Crippen LogP) is 2.64. The van der Waals surface area contributed by atoms with Gasteiger partial charge in [0, 0.05) is 25.0 Å². The van der Waals surface area contributed by atoms with Gasteiger partial charge < -0.3 is 10.2 Å². The van der Waals surface area contributed by atoms with Gasteiger partial charge in [-0.15, -0.1) is 0 Å². The molecule has 0 radical (unpaired) electrons. The number of nitrogens with one attached hydrogen (secondary N) is 1. The number of rotatable bonds is 1. The molecule has 0 aliphatic carbocycles. The van der Waals surface area contributed by atoms with E-state index >= 15 is 0 Å². The van der Waals surface area contributed by atoms with E-state index in [1.807, 2.05) is 0 Å². The minimum absolute atomic E-state index is 0.351. The Kier molecular flexibility index (Phi) is 3.66. The van der Waals surface area contributed by atoms with Gasteiger partial charge in [0.1, 0.15) is 10.9 Å². The lowest BCUT2D eigenvalue weighted by Crippen LogP contribution is -2.51. The summed E-state index contributed by atoms with van der Waals surface area (Å²) in [4.78, 5) is 7.19. The SMILES string of the molecule is N#Cc1sc(N2CCCC3(CCCNC3)C2)nc1Cl. The van der Waals surface area contributed by atoms with Gasteiger partial charge in [0.25, 0.3) is 0 Å². The Bertz CT molecular complexity index is 496. The van der Waals surface area contributed by atoms with Crippen molar-refractivity contribution < 1.29 is 0 Å². The summed E-state index contributed by atoms with van der Waals surface area (Å²) in [6.45, 7) is 4.31. The molecule has 1 N–H and O–H groups in total. The van der Waals surface area contributed by atoms with Crippen molar-refractivity contribution in [1.82, 2.24) is 10.3 Å². The normalized spacial score (nSPS) is 27.5. The summed E-state index contributed by atoms with van der Waals surface area (Å²) in [6, 6.07) is 2.11. The van der Waals surface area contributed by atoms with Crippen LogP contribution < -0.4 is 10.2 Å². The molecule has 0 amide bonds. The van der Waals surface area contributed by atoms with Crippen LogP contribution in [0, 0.1) is 16.7 Å². The van der Waals surface area contributed by atoms with Crippen LogP contribution in [0.4, 0.5) is 5.13 Å². The van der Waals surface area contributed by atoms with Crippen molar-refractivity contribution >= 4 is 28.1 Å². The molecule has 0 bridgehead atoms. The molecule has 19 heavy (non-hydrogen) atoms. The van der Waals surface area contributed by atoms with Gasteiger partial charge in [0.2, 0.25) is 0 Å². The van der Waals surface area contributed by atoms with Crippen molar-refractivity contribution in [3.63, 3.8) is 0 Å². The standard InChI is InChI=1S/C13H17ClN4S/c14-11-10(7-15)19-12(17-11)18-6-2-4-13(9-18)3-1-5-16-8-13/h16H,1-6,8-9H2. The minimum atomic E-state index is 0.351. The molecule has 2 aliphatic rings. The zero-order valence-corrected chi connectivity index (χ0v) is 12.4. The second kappa shape index (κ2) is 5.28. The molecule has 2 fully saturated rings. The van der Waals surface area contributed by atoms with Gasteiger partial charge >= 0.3 is 0 Å².